The molecule has 0 aliphatic carbocycles. The van der Waals surface area contributed by atoms with Crippen LogP contribution in [0.1, 0.15) is 16.4 Å². The van der Waals surface area contributed by atoms with Gasteiger partial charge in [0, 0.05) is 6.54 Å². The lowest BCUT2D eigenvalue weighted by Gasteiger charge is -2.19. The van der Waals surface area contributed by atoms with Crippen molar-refractivity contribution in [3.8, 4) is 0 Å². The minimum Gasteiger partial charge on any atom is -0.223 e. The average Bonchev–Trinajstić information content (AvgIpc) is 2.70. The highest BCUT2D eigenvalue weighted by Gasteiger charge is 2.30. The van der Waals surface area contributed by atoms with Gasteiger partial charge in [-0.1, -0.05) is 78.9 Å². The molecule has 0 aliphatic rings. The predicted molar refractivity (Wildman–Crippen MR) is 110 cm³/mol. The standard InChI is InChI=1S/C21H21NO4S2/c23-27(24,17-18-10-4-1-5-11-18)22-16-21(19-12-6-2-7-13-19)28(25,26)20-14-8-3-9-15-20/h1-15,21-22H,16-17H2/t21-/m0/s1. The van der Waals surface area contributed by atoms with Crippen molar-refractivity contribution < 1.29 is 16.8 Å². The molecule has 0 saturated heterocycles. The van der Waals surface area contributed by atoms with Crippen LogP contribution in [0.25, 0.3) is 0 Å². The van der Waals surface area contributed by atoms with Gasteiger partial charge in [-0.25, -0.2) is 21.6 Å². The first-order chi connectivity index (χ1) is 13.4. The molecule has 0 heterocycles. The molecule has 3 rings (SSSR count). The molecule has 0 spiro atoms. The van der Waals surface area contributed by atoms with E-state index < -0.39 is 25.1 Å². The Morgan fingerprint density at radius 2 is 1.18 bits per heavy atom. The first-order valence-electron chi connectivity index (χ1n) is 8.74. The monoisotopic (exact) mass is 415 g/mol. The van der Waals surface area contributed by atoms with Gasteiger partial charge in [0.25, 0.3) is 0 Å². The van der Waals surface area contributed by atoms with Crippen molar-refractivity contribution in [1.82, 2.24) is 4.72 Å². The minimum absolute atomic E-state index is 0.158. The van der Waals surface area contributed by atoms with Gasteiger partial charge in [0.05, 0.1) is 10.6 Å². The second-order valence-electron chi connectivity index (χ2n) is 6.35. The van der Waals surface area contributed by atoms with Gasteiger partial charge < -0.3 is 0 Å². The molecule has 0 amide bonds. The molecule has 3 aromatic rings. The van der Waals surface area contributed by atoms with Crippen LogP contribution in [0.3, 0.4) is 0 Å². The molecule has 1 N–H and O–H groups in total. The van der Waals surface area contributed by atoms with E-state index in [2.05, 4.69) is 4.72 Å². The summed E-state index contributed by atoms with van der Waals surface area (Å²) < 4.78 is 53.8. The number of hydrogen-bond acceptors (Lipinski definition) is 4. The predicted octanol–water partition coefficient (Wildman–Crippen LogP) is 3.32. The van der Waals surface area contributed by atoms with Crippen LogP contribution in [0.5, 0.6) is 0 Å². The van der Waals surface area contributed by atoms with Crippen molar-refractivity contribution in [3.63, 3.8) is 0 Å². The fraction of sp³-hybridized carbons (Fsp3) is 0.143. The Balaban J connectivity index is 1.87. The Morgan fingerprint density at radius 3 is 1.75 bits per heavy atom. The zero-order chi connectivity index (χ0) is 20.0. The maximum atomic E-state index is 13.2. The molecule has 0 radical (unpaired) electrons. The summed E-state index contributed by atoms with van der Waals surface area (Å²) in [6.07, 6.45) is 0. The number of hydrogen-bond donors (Lipinski definition) is 1. The zero-order valence-electron chi connectivity index (χ0n) is 15.1. The van der Waals surface area contributed by atoms with Crippen LogP contribution in [0.4, 0.5) is 0 Å². The summed E-state index contributed by atoms with van der Waals surface area (Å²) >= 11 is 0. The van der Waals surface area contributed by atoms with Crippen molar-refractivity contribution in [1.29, 1.82) is 0 Å². The van der Waals surface area contributed by atoms with Crippen LogP contribution < -0.4 is 4.72 Å². The molecule has 5 nitrogen and oxygen atoms in total. The molecule has 0 fully saturated rings. The molecule has 0 unspecified atom stereocenters. The highest BCUT2D eigenvalue weighted by Crippen LogP contribution is 2.28. The van der Waals surface area contributed by atoms with Crippen LogP contribution in [0.2, 0.25) is 0 Å². The van der Waals surface area contributed by atoms with Gasteiger partial charge in [0.2, 0.25) is 10.0 Å². The van der Waals surface area contributed by atoms with Crippen LogP contribution in [0.15, 0.2) is 95.9 Å². The molecule has 28 heavy (non-hydrogen) atoms. The minimum atomic E-state index is -3.78. The van der Waals surface area contributed by atoms with Crippen LogP contribution in [-0.2, 0) is 25.6 Å². The Morgan fingerprint density at radius 1 is 0.679 bits per heavy atom. The second-order valence-corrected chi connectivity index (χ2v) is 10.3. The molecule has 146 valence electrons. The summed E-state index contributed by atoms with van der Waals surface area (Å²) in [7, 11) is -7.47. The summed E-state index contributed by atoms with van der Waals surface area (Å²) in [5.74, 6) is -0.208. The van der Waals surface area contributed by atoms with Gasteiger partial charge in [0.15, 0.2) is 9.84 Å². The molecule has 0 aliphatic heterocycles. The summed E-state index contributed by atoms with van der Waals surface area (Å²) in [6.45, 7) is -0.240. The van der Waals surface area contributed by atoms with E-state index in [1.807, 2.05) is 0 Å². The quantitative estimate of drug-likeness (QED) is 0.612. The van der Waals surface area contributed by atoms with Crippen molar-refractivity contribution in [2.75, 3.05) is 6.54 Å². The normalized spacial score (nSPS) is 13.1. The second kappa shape index (κ2) is 8.68. The molecule has 0 saturated carbocycles. The van der Waals surface area contributed by atoms with Gasteiger partial charge in [-0.15, -0.1) is 0 Å². The Bertz CT molecular complexity index is 1100. The Hall–Kier alpha value is -2.48. The fourth-order valence-corrected chi connectivity index (χ4v) is 5.84. The molecule has 0 bridgehead atoms. The summed E-state index contributed by atoms with van der Waals surface area (Å²) in [5.41, 5.74) is 1.17. The van der Waals surface area contributed by atoms with Crippen molar-refractivity contribution in [2.45, 2.75) is 15.9 Å². The molecule has 1 atom stereocenters. The van der Waals surface area contributed by atoms with E-state index in [9.17, 15) is 16.8 Å². The molecule has 7 heteroatoms. The Labute approximate surface area is 166 Å². The van der Waals surface area contributed by atoms with Crippen LogP contribution in [0, 0.1) is 0 Å². The molecular weight excluding hydrogens is 394 g/mol. The zero-order valence-corrected chi connectivity index (χ0v) is 16.7. The number of nitrogens with one attached hydrogen (secondary N) is 1. The largest absolute Gasteiger partial charge is 0.223 e. The maximum absolute atomic E-state index is 13.2. The number of sulfone groups is 1. The lowest BCUT2D eigenvalue weighted by Crippen LogP contribution is -2.32. The summed E-state index contributed by atoms with van der Waals surface area (Å²) in [5, 5.41) is -1.03. The number of benzene rings is 3. The van der Waals surface area contributed by atoms with E-state index in [-0.39, 0.29) is 17.2 Å². The first kappa shape index (κ1) is 20.3. The van der Waals surface area contributed by atoms with Crippen LogP contribution >= 0.6 is 0 Å². The molecule has 3 aromatic carbocycles. The van der Waals surface area contributed by atoms with Crippen molar-refractivity contribution >= 4 is 19.9 Å². The third kappa shape index (κ3) is 5.07. The fourth-order valence-electron chi connectivity index (χ4n) is 2.90. The molecular formula is C21H21NO4S2. The Kier molecular flexibility index (Phi) is 6.28. The lowest BCUT2D eigenvalue weighted by atomic mass is 10.1. The van der Waals surface area contributed by atoms with E-state index in [4.69, 9.17) is 0 Å². The smallest absolute Gasteiger partial charge is 0.215 e. The third-order valence-corrected chi connectivity index (χ3v) is 7.74. The highest BCUT2D eigenvalue weighted by atomic mass is 32.2. The van der Waals surface area contributed by atoms with Gasteiger partial charge >= 0.3 is 0 Å². The van der Waals surface area contributed by atoms with E-state index >= 15 is 0 Å². The summed E-state index contributed by atoms with van der Waals surface area (Å²) in [6, 6.07) is 25.5. The van der Waals surface area contributed by atoms with Crippen LogP contribution in [-0.4, -0.2) is 23.4 Å². The van der Waals surface area contributed by atoms with E-state index in [0.29, 0.717) is 11.1 Å². The van der Waals surface area contributed by atoms with Crippen molar-refractivity contribution in [2.24, 2.45) is 0 Å². The van der Waals surface area contributed by atoms with E-state index in [1.54, 1.807) is 78.9 Å². The van der Waals surface area contributed by atoms with E-state index in [0.717, 1.165) is 0 Å². The van der Waals surface area contributed by atoms with Gasteiger partial charge in [-0.2, -0.15) is 0 Å². The number of sulfonamides is 1. The first-order valence-corrected chi connectivity index (χ1v) is 11.9. The van der Waals surface area contributed by atoms with Crippen molar-refractivity contribution in [3.05, 3.63) is 102 Å². The highest BCUT2D eigenvalue weighted by molar-refractivity contribution is 7.92. The van der Waals surface area contributed by atoms with Gasteiger partial charge in [-0.3, -0.25) is 0 Å². The topological polar surface area (TPSA) is 80.3 Å². The van der Waals surface area contributed by atoms with Gasteiger partial charge in [0.1, 0.15) is 5.25 Å². The summed E-state index contributed by atoms with van der Waals surface area (Å²) in [4.78, 5) is 0.158. The van der Waals surface area contributed by atoms with E-state index in [1.165, 1.54) is 12.1 Å². The average molecular weight is 416 g/mol. The maximum Gasteiger partial charge on any atom is 0.215 e. The number of rotatable bonds is 8. The lowest BCUT2D eigenvalue weighted by molar-refractivity contribution is 0.568. The third-order valence-electron chi connectivity index (χ3n) is 4.31. The SMILES string of the molecule is O=S(=O)(Cc1ccccc1)NC[C@@H](c1ccccc1)S(=O)(=O)c1ccccc1. The van der Waals surface area contributed by atoms with Gasteiger partial charge in [-0.05, 0) is 23.3 Å². The molecule has 0 aromatic heterocycles.